The van der Waals surface area contributed by atoms with E-state index in [-0.39, 0.29) is 5.91 Å². The fraction of sp³-hybridized carbons (Fsp3) is 0.650. The van der Waals surface area contributed by atoms with Crippen molar-refractivity contribution in [1.82, 2.24) is 10.2 Å². The maximum absolute atomic E-state index is 12.3. The lowest BCUT2D eigenvalue weighted by Crippen LogP contribution is -2.52. The molecule has 0 saturated carbocycles. The molecule has 2 rings (SSSR count). The number of benzene rings is 1. The van der Waals surface area contributed by atoms with E-state index in [4.69, 9.17) is 10.5 Å². The van der Waals surface area contributed by atoms with Gasteiger partial charge < -0.3 is 15.8 Å². The minimum atomic E-state index is 0.104. The number of para-hydroxylation sites is 1. The van der Waals surface area contributed by atoms with Crippen molar-refractivity contribution >= 4 is 11.6 Å². The van der Waals surface area contributed by atoms with Crippen LogP contribution in [0.4, 0.5) is 5.69 Å². The molecule has 5 heteroatoms. The first-order valence-corrected chi connectivity index (χ1v) is 9.57. The highest BCUT2D eigenvalue weighted by atomic mass is 16.5. The van der Waals surface area contributed by atoms with E-state index in [9.17, 15) is 4.79 Å². The molecule has 3 N–H and O–H groups in total. The zero-order chi connectivity index (χ0) is 18.1. The van der Waals surface area contributed by atoms with Crippen LogP contribution < -0.4 is 11.1 Å². The van der Waals surface area contributed by atoms with Gasteiger partial charge in [0, 0.05) is 37.8 Å². The summed E-state index contributed by atoms with van der Waals surface area (Å²) < 4.78 is 5.48. The molecule has 1 heterocycles. The molecule has 1 amide bonds. The van der Waals surface area contributed by atoms with Gasteiger partial charge in [0.15, 0.2) is 0 Å². The molecule has 0 aliphatic carbocycles. The molecule has 0 aromatic heterocycles. The van der Waals surface area contributed by atoms with Crippen molar-refractivity contribution in [2.75, 3.05) is 38.6 Å². The lowest BCUT2D eigenvalue weighted by Gasteiger charge is -2.38. The third-order valence-electron chi connectivity index (χ3n) is 5.29. The van der Waals surface area contributed by atoms with Gasteiger partial charge in [0.1, 0.15) is 0 Å². The number of aryl methyl sites for hydroxylation is 1. The minimum Gasteiger partial charge on any atom is -0.399 e. The topological polar surface area (TPSA) is 67.6 Å². The summed E-state index contributed by atoms with van der Waals surface area (Å²) in [5, 5.41) is 3.16. The Kier molecular flexibility index (Phi) is 8.22. The number of ether oxygens (including phenoxy) is 1. The van der Waals surface area contributed by atoms with Gasteiger partial charge in [-0.15, -0.1) is 0 Å². The first-order valence-electron chi connectivity index (χ1n) is 9.57. The summed E-state index contributed by atoms with van der Waals surface area (Å²) in [6.45, 7) is 8.68. The first kappa shape index (κ1) is 19.7. The predicted molar refractivity (Wildman–Crippen MR) is 102 cm³/mol. The number of amides is 1. The predicted octanol–water partition coefficient (Wildman–Crippen LogP) is 2.45. The fourth-order valence-electron chi connectivity index (χ4n) is 3.65. The second-order valence-corrected chi connectivity index (χ2v) is 6.80. The molecule has 1 fully saturated rings. The number of nitrogens with zero attached hydrogens (tertiary/aromatic N) is 1. The summed E-state index contributed by atoms with van der Waals surface area (Å²) in [6, 6.07) is 8.15. The Hall–Kier alpha value is -1.59. The van der Waals surface area contributed by atoms with Gasteiger partial charge >= 0.3 is 0 Å². The van der Waals surface area contributed by atoms with Crippen molar-refractivity contribution in [2.24, 2.45) is 5.92 Å². The van der Waals surface area contributed by atoms with E-state index < -0.39 is 0 Å². The van der Waals surface area contributed by atoms with E-state index in [0.717, 1.165) is 56.9 Å². The van der Waals surface area contributed by atoms with Crippen molar-refractivity contribution in [2.45, 2.75) is 45.6 Å². The summed E-state index contributed by atoms with van der Waals surface area (Å²) in [4.78, 5) is 14.8. The highest BCUT2D eigenvalue weighted by molar-refractivity contribution is 5.76. The standard InChI is InChI=1S/C20H33N3O2/c1-3-16(4-2)19(23-11-13-25-14-12-23)15-22-20(24)10-9-17-7-5-6-8-18(17)21/h5-8,16,19H,3-4,9-15,21H2,1-2H3,(H,22,24). The molecule has 1 unspecified atom stereocenters. The third-order valence-corrected chi connectivity index (χ3v) is 5.29. The van der Waals surface area contributed by atoms with E-state index in [1.807, 2.05) is 24.3 Å². The Bertz CT molecular complexity index is 525. The van der Waals surface area contributed by atoms with Gasteiger partial charge in [0.25, 0.3) is 0 Å². The molecule has 0 radical (unpaired) electrons. The average Bonchev–Trinajstić information content (AvgIpc) is 2.65. The largest absolute Gasteiger partial charge is 0.399 e. The molecule has 0 bridgehead atoms. The number of nitrogen functional groups attached to an aromatic ring is 1. The van der Waals surface area contributed by atoms with Crippen molar-refractivity contribution in [1.29, 1.82) is 0 Å². The lowest BCUT2D eigenvalue weighted by molar-refractivity contribution is -0.121. The van der Waals surface area contributed by atoms with E-state index in [0.29, 0.717) is 24.8 Å². The number of carbonyl (C=O) groups is 1. The Morgan fingerprint density at radius 3 is 2.56 bits per heavy atom. The maximum Gasteiger partial charge on any atom is 0.220 e. The number of carbonyl (C=O) groups excluding carboxylic acids is 1. The lowest BCUT2D eigenvalue weighted by atomic mass is 9.92. The van der Waals surface area contributed by atoms with Crippen LogP contribution in [0, 0.1) is 5.92 Å². The van der Waals surface area contributed by atoms with Crippen LogP contribution in [0.1, 0.15) is 38.7 Å². The summed E-state index contributed by atoms with van der Waals surface area (Å²) in [5.41, 5.74) is 7.76. The quantitative estimate of drug-likeness (QED) is 0.674. The summed E-state index contributed by atoms with van der Waals surface area (Å²) in [7, 11) is 0. The third kappa shape index (κ3) is 6.01. The van der Waals surface area contributed by atoms with Gasteiger partial charge in [-0.25, -0.2) is 0 Å². The van der Waals surface area contributed by atoms with Crippen molar-refractivity contribution in [3.05, 3.63) is 29.8 Å². The number of hydrogen-bond donors (Lipinski definition) is 2. The monoisotopic (exact) mass is 347 g/mol. The number of anilines is 1. The van der Waals surface area contributed by atoms with Gasteiger partial charge in [0.05, 0.1) is 13.2 Å². The maximum atomic E-state index is 12.3. The summed E-state index contributed by atoms with van der Waals surface area (Å²) >= 11 is 0. The van der Waals surface area contributed by atoms with Crippen LogP contribution in [0.25, 0.3) is 0 Å². The van der Waals surface area contributed by atoms with Gasteiger partial charge in [0.2, 0.25) is 5.91 Å². The van der Waals surface area contributed by atoms with Crippen LogP contribution in [0.3, 0.4) is 0 Å². The molecule has 0 spiro atoms. The van der Waals surface area contributed by atoms with Crippen molar-refractivity contribution in [3.8, 4) is 0 Å². The van der Waals surface area contributed by atoms with E-state index in [1.54, 1.807) is 0 Å². The number of rotatable bonds is 9. The molecule has 140 valence electrons. The molecule has 25 heavy (non-hydrogen) atoms. The van der Waals surface area contributed by atoms with Gasteiger partial charge in [-0.3, -0.25) is 9.69 Å². The van der Waals surface area contributed by atoms with Crippen LogP contribution in [-0.4, -0.2) is 49.7 Å². The van der Waals surface area contributed by atoms with Crippen LogP contribution in [-0.2, 0) is 16.0 Å². The Balaban J connectivity index is 1.85. The zero-order valence-corrected chi connectivity index (χ0v) is 15.7. The molecule has 1 atom stereocenters. The summed E-state index contributed by atoms with van der Waals surface area (Å²) in [5.74, 6) is 0.704. The first-order chi connectivity index (χ1) is 12.2. The number of morpholine rings is 1. The zero-order valence-electron chi connectivity index (χ0n) is 15.7. The molecule has 1 aliphatic heterocycles. The highest BCUT2D eigenvalue weighted by Gasteiger charge is 2.27. The molecule has 1 aromatic carbocycles. The van der Waals surface area contributed by atoms with Crippen LogP contribution in [0.2, 0.25) is 0 Å². The number of nitrogens with two attached hydrogens (primary N) is 1. The number of nitrogens with one attached hydrogen (secondary N) is 1. The number of hydrogen-bond acceptors (Lipinski definition) is 4. The second kappa shape index (κ2) is 10.4. The van der Waals surface area contributed by atoms with E-state index in [2.05, 4.69) is 24.1 Å². The van der Waals surface area contributed by atoms with Gasteiger partial charge in [-0.2, -0.15) is 0 Å². The smallest absolute Gasteiger partial charge is 0.220 e. The van der Waals surface area contributed by atoms with Gasteiger partial charge in [-0.05, 0) is 24.0 Å². The van der Waals surface area contributed by atoms with Crippen molar-refractivity contribution in [3.63, 3.8) is 0 Å². The minimum absolute atomic E-state index is 0.104. The molecular weight excluding hydrogens is 314 g/mol. The molecule has 1 saturated heterocycles. The Morgan fingerprint density at radius 2 is 1.92 bits per heavy atom. The van der Waals surface area contributed by atoms with E-state index >= 15 is 0 Å². The second-order valence-electron chi connectivity index (χ2n) is 6.80. The Labute approximate surface area is 151 Å². The molecule has 1 aromatic rings. The normalized spacial score (nSPS) is 16.8. The fourth-order valence-corrected chi connectivity index (χ4v) is 3.65. The highest BCUT2D eigenvalue weighted by Crippen LogP contribution is 2.20. The Morgan fingerprint density at radius 1 is 1.24 bits per heavy atom. The van der Waals surface area contributed by atoms with Gasteiger partial charge in [-0.1, -0.05) is 44.9 Å². The molecule has 1 aliphatic rings. The van der Waals surface area contributed by atoms with Crippen LogP contribution in [0.15, 0.2) is 24.3 Å². The average molecular weight is 348 g/mol. The van der Waals surface area contributed by atoms with Crippen LogP contribution >= 0.6 is 0 Å². The van der Waals surface area contributed by atoms with E-state index in [1.165, 1.54) is 0 Å². The molecule has 5 nitrogen and oxygen atoms in total. The summed E-state index contributed by atoms with van der Waals surface area (Å²) in [6.07, 6.45) is 3.43. The molecular formula is C20H33N3O2. The van der Waals surface area contributed by atoms with Crippen LogP contribution in [0.5, 0.6) is 0 Å². The SMILES string of the molecule is CCC(CC)C(CNC(=O)CCc1ccccc1N)N1CCOCC1. The van der Waals surface area contributed by atoms with Crippen molar-refractivity contribution < 1.29 is 9.53 Å².